The third-order valence-corrected chi connectivity index (χ3v) is 2.17. The van der Waals surface area contributed by atoms with E-state index >= 15 is 0 Å². The predicted molar refractivity (Wildman–Crippen MR) is 61.5 cm³/mol. The second-order valence-electron chi connectivity index (χ2n) is 3.57. The van der Waals surface area contributed by atoms with Crippen molar-refractivity contribution in [2.24, 2.45) is 0 Å². The summed E-state index contributed by atoms with van der Waals surface area (Å²) >= 11 is 0. The molecule has 1 aromatic carbocycles. The van der Waals surface area contributed by atoms with E-state index in [0.717, 1.165) is 24.7 Å². The predicted octanol–water partition coefficient (Wildman–Crippen LogP) is 2.74. The molecule has 0 amide bonds. The van der Waals surface area contributed by atoms with Crippen molar-refractivity contribution in [3.05, 3.63) is 29.3 Å². The van der Waals surface area contributed by atoms with Crippen molar-refractivity contribution >= 4 is 6.29 Å². The van der Waals surface area contributed by atoms with Crippen molar-refractivity contribution in [1.82, 2.24) is 0 Å². The van der Waals surface area contributed by atoms with Crippen LogP contribution in [0.3, 0.4) is 0 Å². The molecule has 0 saturated heterocycles. The molecule has 0 saturated carbocycles. The molecule has 3 nitrogen and oxygen atoms in total. The largest absolute Gasteiger partial charge is 0.494 e. The summed E-state index contributed by atoms with van der Waals surface area (Å²) in [6.07, 6.45) is 3.12. The maximum absolute atomic E-state index is 10.7. The molecule has 16 heavy (non-hydrogen) atoms. The zero-order valence-electron chi connectivity index (χ0n) is 9.40. The summed E-state index contributed by atoms with van der Waals surface area (Å²) in [5.41, 5.74) is 1.37. The molecular formula is C13H15NO2. The lowest BCUT2D eigenvalue weighted by Gasteiger charge is -2.07. The van der Waals surface area contributed by atoms with Crippen molar-refractivity contribution in [2.75, 3.05) is 6.61 Å². The average molecular weight is 217 g/mol. The van der Waals surface area contributed by atoms with Gasteiger partial charge in [0.05, 0.1) is 19.1 Å². The summed E-state index contributed by atoms with van der Waals surface area (Å²) in [4.78, 5) is 10.7. The first-order chi connectivity index (χ1) is 7.80. The Hall–Kier alpha value is -1.82. The number of ether oxygens (including phenoxy) is 1. The van der Waals surface area contributed by atoms with Gasteiger partial charge in [-0.1, -0.05) is 13.3 Å². The fraction of sp³-hybridized carbons (Fsp3) is 0.385. The highest BCUT2D eigenvalue weighted by Gasteiger charge is 2.01. The highest BCUT2D eigenvalue weighted by Crippen LogP contribution is 2.17. The first kappa shape index (κ1) is 12.3. The minimum Gasteiger partial charge on any atom is -0.494 e. The normalized spacial score (nSPS) is 9.50. The maximum Gasteiger partial charge on any atom is 0.150 e. The highest BCUT2D eigenvalue weighted by molar-refractivity contribution is 5.76. The molecule has 0 heterocycles. The van der Waals surface area contributed by atoms with Gasteiger partial charge >= 0.3 is 0 Å². The molecule has 0 N–H and O–H groups in total. The summed E-state index contributed by atoms with van der Waals surface area (Å²) < 4.78 is 5.51. The van der Waals surface area contributed by atoms with Crippen LogP contribution in [0.25, 0.3) is 0 Å². The molecule has 0 aromatic heterocycles. The van der Waals surface area contributed by atoms with Crippen LogP contribution in [0.5, 0.6) is 5.75 Å². The van der Waals surface area contributed by atoms with E-state index in [1.165, 1.54) is 0 Å². The number of nitriles is 1. The number of aldehydes is 1. The van der Waals surface area contributed by atoms with E-state index in [9.17, 15) is 4.79 Å². The molecule has 0 unspecified atom stereocenters. The molecule has 0 radical (unpaired) electrons. The van der Waals surface area contributed by atoms with Crippen LogP contribution in [0.15, 0.2) is 18.2 Å². The maximum atomic E-state index is 10.7. The summed E-state index contributed by atoms with van der Waals surface area (Å²) in [7, 11) is 0. The molecule has 84 valence electrons. The van der Waals surface area contributed by atoms with Crippen LogP contribution in [-0.4, -0.2) is 12.9 Å². The fourth-order valence-corrected chi connectivity index (χ4v) is 1.37. The summed E-state index contributed by atoms with van der Waals surface area (Å²) in [5, 5.41) is 8.61. The Morgan fingerprint density at radius 2 is 2.25 bits per heavy atom. The number of unbranched alkanes of at least 4 members (excludes halogenated alkanes) is 1. The van der Waals surface area contributed by atoms with E-state index in [-0.39, 0.29) is 0 Å². The van der Waals surface area contributed by atoms with Crippen molar-refractivity contribution < 1.29 is 9.53 Å². The topological polar surface area (TPSA) is 50.1 Å². The molecule has 1 rings (SSSR count). The summed E-state index contributed by atoms with van der Waals surface area (Å²) in [5.74, 6) is 0.670. The number of carbonyl (C=O) groups is 1. The van der Waals surface area contributed by atoms with Crippen LogP contribution >= 0.6 is 0 Å². The Labute approximate surface area is 95.7 Å². The smallest absolute Gasteiger partial charge is 0.150 e. The molecule has 0 bridgehead atoms. The Morgan fingerprint density at radius 1 is 1.44 bits per heavy atom. The molecular weight excluding hydrogens is 202 g/mol. The van der Waals surface area contributed by atoms with Gasteiger partial charge in [0.15, 0.2) is 0 Å². The first-order valence-corrected chi connectivity index (χ1v) is 5.39. The van der Waals surface area contributed by atoms with Crippen LogP contribution in [0.4, 0.5) is 0 Å². The third kappa shape index (κ3) is 3.74. The van der Waals surface area contributed by atoms with Crippen molar-refractivity contribution in [3.63, 3.8) is 0 Å². The van der Waals surface area contributed by atoms with E-state index in [1.54, 1.807) is 12.1 Å². The monoisotopic (exact) mass is 217 g/mol. The Bertz CT molecular complexity index is 393. The lowest BCUT2D eigenvalue weighted by Crippen LogP contribution is -1.98. The molecule has 3 heteroatoms. The molecule has 1 aromatic rings. The molecule has 0 atom stereocenters. The highest BCUT2D eigenvalue weighted by atomic mass is 16.5. The van der Waals surface area contributed by atoms with Crippen molar-refractivity contribution in [2.45, 2.75) is 26.2 Å². The Kier molecular flexibility index (Phi) is 5.07. The van der Waals surface area contributed by atoms with Crippen LogP contribution < -0.4 is 4.74 Å². The van der Waals surface area contributed by atoms with Gasteiger partial charge < -0.3 is 4.74 Å². The number of hydrogen-bond acceptors (Lipinski definition) is 3. The van der Waals surface area contributed by atoms with Crippen molar-refractivity contribution in [3.8, 4) is 11.8 Å². The van der Waals surface area contributed by atoms with E-state index in [2.05, 4.69) is 13.0 Å². The first-order valence-electron chi connectivity index (χ1n) is 5.39. The van der Waals surface area contributed by atoms with Gasteiger partial charge in [0, 0.05) is 5.56 Å². The molecule has 0 aliphatic heterocycles. The second-order valence-corrected chi connectivity index (χ2v) is 3.57. The molecule has 0 aliphatic rings. The van der Waals surface area contributed by atoms with Gasteiger partial charge in [0.1, 0.15) is 12.0 Å². The van der Waals surface area contributed by atoms with Crippen LogP contribution in [0.2, 0.25) is 0 Å². The third-order valence-electron chi connectivity index (χ3n) is 2.17. The van der Waals surface area contributed by atoms with Gasteiger partial charge in [0.25, 0.3) is 0 Å². The van der Waals surface area contributed by atoms with Crippen LogP contribution in [0.1, 0.15) is 35.7 Å². The second kappa shape index (κ2) is 6.62. The van der Waals surface area contributed by atoms with Crippen molar-refractivity contribution in [1.29, 1.82) is 5.26 Å². The Balaban J connectivity index is 2.78. The van der Waals surface area contributed by atoms with E-state index in [1.807, 2.05) is 6.07 Å². The number of benzene rings is 1. The van der Waals surface area contributed by atoms with Gasteiger partial charge in [-0.2, -0.15) is 5.26 Å². The SMILES string of the molecule is CCCCOc1cc(C=O)cc(CC#N)c1. The van der Waals surface area contributed by atoms with Gasteiger partial charge in [-0.15, -0.1) is 0 Å². The lowest BCUT2D eigenvalue weighted by atomic mass is 10.1. The average Bonchev–Trinajstić information content (AvgIpc) is 2.29. The standard InChI is InChI=1S/C13H15NO2/c1-2-3-6-16-13-8-11(4-5-14)7-12(9-13)10-15/h7-10H,2-4,6H2,1H3. The van der Waals surface area contributed by atoms with Gasteiger partial charge in [-0.3, -0.25) is 4.79 Å². The minimum absolute atomic E-state index is 0.297. The number of nitrogens with zero attached hydrogens (tertiary/aromatic N) is 1. The van der Waals surface area contributed by atoms with Gasteiger partial charge in [-0.25, -0.2) is 0 Å². The zero-order chi connectivity index (χ0) is 11.8. The number of rotatable bonds is 6. The summed E-state index contributed by atoms with van der Waals surface area (Å²) in [6, 6.07) is 7.28. The fourth-order valence-electron chi connectivity index (χ4n) is 1.37. The molecule has 0 fully saturated rings. The zero-order valence-corrected chi connectivity index (χ0v) is 9.40. The lowest BCUT2D eigenvalue weighted by molar-refractivity contribution is 0.112. The molecule has 0 spiro atoms. The minimum atomic E-state index is 0.297. The quantitative estimate of drug-likeness (QED) is 0.543. The van der Waals surface area contributed by atoms with Crippen LogP contribution in [0, 0.1) is 11.3 Å². The van der Waals surface area contributed by atoms with Gasteiger partial charge in [0.2, 0.25) is 0 Å². The van der Waals surface area contributed by atoms with Crippen LogP contribution in [-0.2, 0) is 6.42 Å². The van der Waals surface area contributed by atoms with E-state index < -0.39 is 0 Å². The number of carbonyl (C=O) groups excluding carboxylic acids is 1. The summed E-state index contributed by atoms with van der Waals surface area (Å²) in [6.45, 7) is 2.73. The van der Waals surface area contributed by atoms with E-state index in [0.29, 0.717) is 24.3 Å². The number of hydrogen-bond donors (Lipinski definition) is 0. The van der Waals surface area contributed by atoms with Gasteiger partial charge in [-0.05, 0) is 30.2 Å². The Morgan fingerprint density at radius 3 is 2.88 bits per heavy atom. The van der Waals surface area contributed by atoms with E-state index in [4.69, 9.17) is 10.00 Å². The molecule has 0 aliphatic carbocycles.